The smallest absolute Gasteiger partial charge is 0.282 e. The molecule has 1 amide bonds. The van der Waals surface area contributed by atoms with E-state index in [1.165, 1.54) is 22.8 Å². The number of anilines is 3. The molecule has 1 saturated heterocycles. The van der Waals surface area contributed by atoms with Crippen molar-refractivity contribution >= 4 is 34.3 Å². The third-order valence-corrected chi connectivity index (χ3v) is 6.56. The molecule has 196 valence electrons. The second-order valence-electron chi connectivity index (χ2n) is 9.45. The lowest BCUT2D eigenvalue weighted by Gasteiger charge is -2.35. The predicted molar refractivity (Wildman–Crippen MR) is 145 cm³/mol. The van der Waals surface area contributed by atoms with Crippen molar-refractivity contribution in [1.29, 1.82) is 0 Å². The van der Waals surface area contributed by atoms with Gasteiger partial charge in [-0.25, -0.2) is 9.37 Å². The normalized spacial score (nSPS) is 13.9. The van der Waals surface area contributed by atoms with Crippen LogP contribution in [0.25, 0.3) is 16.6 Å². The predicted octanol–water partition coefficient (Wildman–Crippen LogP) is 1.64. The fourth-order valence-corrected chi connectivity index (χ4v) is 4.46. The Morgan fingerprint density at radius 1 is 1.16 bits per heavy atom. The maximum absolute atomic E-state index is 14.8. The van der Waals surface area contributed by atoms with E-state index in [-0.39, 0.29) is 22.8 Å². The van der Waals surface area contributed by atoms with Crippen LogP contribution in [-0.4, -0.2) is 90.7 Å². The summed E-state index contributed by atoms with van der Waals surface area (Å²) in [5.74, 6) is 0.293. The van der Waals surface area contributed by atoms with Crippen LogP contribution >= 0.6 is 0 Å². The highest BCUT2D eigenvalue weighted by molar-refractivity contribution is 5.91. The first-order valence-corrected chi connectivity index (χ1v) is 12.1. The van der Waals surface area contributed by atoms with Crippen molar-refractivity contribution in [2.45, 2.75) is 6.92 Å². The number of likely N-dealkylation sites (N-methyl/N-ethyl adjacent to an activating group) is 2. The molecule has 0 aliphatic carbocycles. The molecule has 1 aliphatic rings. The third kappa shape index (κ3) is 5.12. The van der Waals surface area contributed by atoms with Crippen LogP contribution in [-0.2, 0) is 4.79 Å². The first kappa shape index (κ1) is 26.1. The summed E-state index contributed by atoms with van der Waals surface area (Å²) in [5.41, 5.74) is 6.46. The van der Waals surface area contributed by atoms with Crippen molar-refractivity contribution < 1.29 is 9.18 Å². The quantitative estimate of drug-likeness (QED) is 0.380. The van der Waals surface area contributed by atoms with Gasteiger partial charge in [0, 0.05) is 52.0 Å². The number of rotatable bonds is 7. The number of carbonyl (C=O) groups is 1. The maximum atomic E-state index is 14.8. The standard InChI is InChI=1S/C26H33FN8O2/c1-6-21(36)33-12-14-34(15-13-33)24-18-16-17(2)35(23-19(27)8-7-9-20(23)28)25(37)22(18)29-26(30-24)32(5)11-10-31(3)4/h6-9,16H,1,10-15,28H2,2-5H3. The number of benzene rings is 1. The summed E-state index contributed by atoms with van der Waals surface area (Å²) in [6.45, 7) is 8.79. The summed E-state index contributed by atoms with van der Waals surface area (Å²) in [6, 6.07) is 6.13. The van der Waals surface area contributed by atoms with Gasteiger partial charge in [-0.1, -0.05) is 12.6 Å². The molecule has 10 nitrogen and oxygen atoms in total. The lowest BCUT2D eigenvalue weighted by atomic mass is 10.1. The lowest BCUT2D eigenvalue weighted by Crippen LogP contribution is -2.48. The van der Waals surface area contributed by atoms with Crippen molar-refractivity contribution in [3.8, 4) is 5.69 Å². The number of fused-ring (bicyclic) bond motifs is 1. The van der Waals surface area contributed by atoms with E-state index in [1.807, 2.05) is 30.9 Å². The number of nitrogens with zero attached hydrogens (tertiary/aromatic N) is 7. The number of nitrogens with two attached hydrogens (primary N) is 1. The van der Waals surface area contributed by atoms with E-state index in [1.54, 1.807) is 24.0 Å². The SMILES string of the molecule is C=CC(=O)N1CCN(c2nc(N(C)CCN(C)C)nc3c(=O)n(-c4c(N)cccc4F)c(C)cc23)CC1. The number of nitrogen functional groups attached to an aromatic ring is 1. The highest BCUT2D eigenvalue weighted by Gasteiger charge is 2.26. The third-order valence-electron chi connectivity index (χ3n) is 6.56. The van der Waals surface area contributed by atoms with Gasteiger partial charge in [0.2, 0.25) is 11.9 Å². The highest BCUT2D eigenvalue weighted by atomic mass is 19.1. The summed E-state index contributed by atoms with van der Waals surface area (Å²) < 4.78 is 16.1. The molecule has 3 heterocycles. The van der Waals surface area contributed by atoms with Crippen LogP contribution in [0.5, 0.6) is 0 Å². The van der Waals surface area contributed by atoms with Gasteiger partial charge in [0.05, 0.1) is 11.1 Å². The van der Waals surface area contributed by atoms with Crippen LogP contribution in [0.3, 0.4) is 0 Å². The number of aryl methyl sites for hydroxylation is 1. The van der Waals surface area contributed by atoms with Gasteiger partial charge in [0.25, 0.3) is 5.56 Å². The molecule has 2 N–H and O–H groups in total. The van der Waals surface area contributed by atoms with Crippen molar-refractivity contribution in [2.24, 2.45) is 0 Å². The molecule has 0 spiro atoms. The minimum atomic E-state index is -0.592. The Bertz CT molecular complexity index is 1380. The fourth-order valence-electron chi connectivity index (χ4n) is 4.46. The van der Waals surface area contributed by atoms with Gasteiger partial charge in [-0.2, -0.15) is 4.98 Å². The molecule has 0 saturated carbocycles. The van der Waals surface area contributed by atoms with Gasteiger partial charge in [-0.15, -0.1) is 0 Å². The number of hydrogen-bond donors (Lipinski definition) is 1. The van der Waals surface area contributed by atoms with E-state index in [0.717, 1.165) is 6.54 Å². The lowest BCUT2D eigenvalue weighted by molar-refractivity contribution is -0.126. The molecular weight excluding hydrogens is 475 g/mol. The van der Waals surface area contributed by atoms with Crippen molar-refractivity contribution in [2.75, 3.05) is 75.9 Å². The topological polar surface area (TPSA) is 104 Å². The molecule has 0 bridgehead atoms. The van der Waals surface area contributed by atoms with Crippen molar-refractivity contribution in [1.82, 2.24) is 24.3 Å². The monoisotopic (exact) mass is 508 g/mol. The zero-order valence-corrected chi connectivity index (χ0v) is 21.7. The number of halogens is 1. The summed E-state index contributed by atoms with van der Waals surface area (Å²) >= 11 is 0. The van der Waals surface area contributed by atoms with Gasteiger partial charge >= 0.3 is 0 Å². The molecular formula is C26H33FN8O2. The van der Waals surface area contributed by atoms with E-state index in [0.29, 0.717) is 55.6 Å². The number of pyridine rings is 1. The minimum Gasteiger partial charge on any atom is -0.397 e. The number of piperazine rings is 1. The zero-order valence-electron chi connectivity index (χ0n) is 21.7. The molecule has 2 aromatic heterocycles. The Balaban J connectivity index is 1.88. The van der Waals surface area contributed by atoms with Crippen LogP contribution in [0.4, 0.5) is 21.8 Å². The van der Waals surface area contributed by atoms with Gasteiger partial charge < -0.3 is 25.3 Å². The molecule has 1 aliphatic heterocycles. The number of hydrogen-bond acceptors (Lipinski definition) is 8. The van der Waals surface area contributed by atoms with Crippen LogP contribution in [0.2, 0.25) is 0 Å². The Kier molecular flexibility index (Phi) is 7.44. The Morgan fingerprint density at radius 2 is 1.86 bits per heavy atom. The van der Waals surface area contributed by atoms with Gasteiger partial charge in [-0.05, 0) is 45.3 Å². The summed E-state index contributed by atoms with van der Waals surface area (Å²) in [7, 11) is 5.83. The first-order chi connectivity index (χ1) is 17.6. The van der Waals surface area contributed by atoms with E-state index in [9.17, 15) is 14.0 Å². The second kappa shape index (κ2) is 10.6. The van der Waals surface area contributed by atoms with Crippen LogP contribution in [0.1, 0.15) is 5.69 Å². The largest absolute Gasteiger partial charge is 0.397 e. The highest BCUT2D eigenvalue weighted by Crippen LogP contribution is 2.29. The zero-order chi connectivity index (χ0) is 26.9. The Hall–Kier alpha value is -3.99. The average Bonchev–Trinajstić information content (AvgIpc) is 2.88. The van der Waals surface area contributed by atoms with E-state index < -0.39 is 11.4 Å². The van der Waals surface area contributed by atoms with E-state index >= 15 is 0 Å². The molecule has 4 rings (SSSR count). The van der Waals surface area contributed by atoms with Gasteiger partial charge in [0.15, 0.2) is 0 Å². The summed E-state index contributed by atoms with van der Waals surface area (Å²) in [6.07, 6.45) is 1.31. The molecule has 0 atom stereocenters. The number of amides is 1. The molecule has 0 radical (unpaired) electrons. The second-order valence-corrected chi connectivity index (χ2v) is 9.45. The maximum Gasteiger partial charge on any atom is 0.282 e. The molecule has 11 heteroatoms. The van der Waals surface area contributed by atoms with Crippen LogP contribution in [0.15, 0.2) is 41.7 Å². The Morgan fingerprint density at radius 3 is 2.49 bits per heavy atom. The van der Waals surface area contributed by atoms with Gasteiger partial charge in [-0.3, -0.25) is 14.2 Å². The number of para-hydroxylation sites is 1. The molecule has 37 heavy (non-hydrogen) atoms. The Labute approximate surface area is 215 Å². The van der Waals surface area contributed by atoms with E-state index in [2.05, 4.69) is 16.5 Å². The molecule has 1 aromatic carbocycles. The number of carbonyl (C=O) groups excluding carboxylic acids is 1. The van der Waals surface area contributed by atoms with E-state index in [4.69, 9.17) is 10.7 Å². The van der Waals surface area contributed by atoms with Crippen molar-refractivity contribution in [3.05, 3.63) is 58.8 Å². The fraction of sp³-hybridized carbons (Fsp3) is 0.385. The minimum absolute atomic E-state index is 0.00567. The van der Waals surface area contributed by atoms with Crippen LogP contribution < -0.4 is 21.1 Å². The van der Waals surface area contributed by atoms with Crippen LogP contribution in [0, 0.1) is 12.7 Å². The van der Waals surface area contributed by atoms with Gasteiger partial charge in [0.1, 0.15) is 22.8 Å². The molecule has 0 unspecified atom stereocenters. The molecule has 3 aromatic rings. The molecule has 1 fully saturated rings. The average molecular weight is 509 g/mol. The number of aromatic nitrogens is 3. The summed E-state index contributed by atoms with van der Waals surface area (Å²) in [4.78, 5) is 43.2. The van der Waals surface area contributed by atoms with Crippen molar-refractivity contribution in [3.63, 3.8) is 0 Å². The first-order valence-electron chi connectivity index (χ1n) is 12.1. The summed E-state index contributed by atoms with van der Waals surface area (Å²) in [5, 5.41) is 0.571.